The second-order valence-electron chi connectivity index (χ2n) is 4.06. The third-order valence-electron chi connectivity index (χ3n) is 2.69. The van der Waals surface area contributed by atoms with Crippen LogP contribution in [0.5, 0.6) is 0 Å². The van der Waals surface area contributed by atoms with Crippen LogP contribution in [0, 0.1) is 24.2 Å². The van der Waals surface area contributed by atoms with E-state index in [0.29, 0.717) is 0 Å². The molecule has 1 fully saturated rings. The average molecular weight is 139 g/mol. The van der Waals surface area contributed by atoms with Gasteiger partial charge in [0, 0.05) is 0 Å². The van der Waals surface area contributed by atoms with Gasteiger partial charge in [0.15, 0.2) is 0 Å². The molecule has 0 saturated heterocycles. The fourth-order valence-corrected chi connectivity index (χ4v) is 1.73. The Bertz CT molecular complexity index is 86.2. The molecule has 1 aliphatic carbocycles. The molecular formula is C10H19. The van der Waals surface area contributed by atoms with E-state index in [1.165, 1.54) is 19.3 Å². The molecule has 2 atom stereocenters. The fraction of sp³-hybridized carbons (Fsp3) is 0.900. The summed E-state index contributed by atoms with van der Waals surface area (Å²) in [5, 5.41) is 0. The lowest BCUT2D eigenvalue weighted by molar-refractivity contribution is 0.302. The zero-order valence-electron chi connectivity index (χ0n) is 7.43. The van der Waals surface area contributed by atoms with Crippen LogP contribution in [0.25, 0.3) is 0 Å². The summed E-state index contributed by atoms with van der Waals surface area (Å²) in [6, 6.07) is 0. The van der Waals surface area contributed by atoms with Crippen molar-refractivity contribution in [3.63, 3.8) is 0 Å². The van der Waals surface area contributed by atoms with E-state index in [1.54, 1.807) is 0 Å². The van der Waals surface area contributed by atoms with Gasteiger partial charge in [0.25, 0.3) is 0 Å². The molecule has 0 aromatic carbocycles. The van der Waals surface area contributed by atoms with Crippen LogP contribution < -0.4 is 0 Å². The molecule has 1 saturated carbocycles. The summed E-state index contributed by atoms with van der Waals surface area (Å²) in [6.45, 7) is 7.02. The Morgan fingerprint density at radius 3 is 2.40 bits per heavy atom. The summed E-state index contributed by atoms with van der Waals surface area (Å²) in [4.78, 5) is 0. The predicted octanol–water partition coefficient (Wildman–Crippen LogP) is 3.28. The van der Waals surface area contributed by atoms with Crippen molar-refractivity contribution < 1.29 is 0 Å². The molecule has 1 aliphatic rings. The van der Waals surface area contributed by atoms with E-state index in [1.807, 2.05) is 0 Å². The molecule has 0 bridgehead atoms. The van der Waals surface area contributed by atoms with Gasteiger partial charge in [0.05, 0.1) is 0 Å². The van der Waals surface area contributed by atoms with Crippen molar-refractivity contribution in [2.75, 3.05) is 0 Å². The fourth-order valence-electron chi connectivity index (χ4n) is 1.73. The molecule has 1 radical (unpaired) electrons. The quantitative estimate of drug-likeness (QED) is 0.523. The smallest absolute Gasteiger partial charge is 0.0350 e. The molecule has 0 N–H and O–H groups in total. The lowest BCUT2D eigenvalue weighted by Gasteiger charge is -2.28. The predicted molar refractivity (Wildman–Crippen MR) is 45.6 cm³/mol. The zero-order valence-corrected chi connectivity index (χ0v) is 7.43. The normalized spacial score (nSPS) is 34.8. The van der Waals surface area contributed by atoms with E-state index < -0.39 is 0 Å². The summed E-state index contributed by atoms with van der Waals surface area (Å²) in [5.74, 6) is 2.73. The summed E-state index contributed by atoms with van der Waals surface area (Å²) >= 11 is 0. The Morgan fingerprint density at radius 1 is 1.30 bits per heavy atom. The maximum absolute atomic E-state index is 2.53. The number of hydrogen-bond acceptors (Lipinski definition) is 0. The third-order valence-corrected chi connectivity index (χ3v) is 2.69. The van der Waals surface area contributed by atoms with Gasteiger partial charge in [-0.15, -0.1) is 0 Å². The molecule has 0 aromatic rings. The molecule has 10 heavy (non-hydrogen) atoms. The van der Waals surface area contributed by atoms with Gasteiger partial charge in [0.1, 0.15) is 0 Å². The van der Waals surface area contributed by atoms with Crippen molar-refractivity contribution in [2.24, 2.45) is 17.8 Å². The largest absolute Gasteiger partial charge is 0.0625 e. The van der Waals surface area contributed by atoms with Crippen molar-refractivity contribution in [1.82, 2.24) is 0 Å². The molecule has 0 unspecified atom stereocenters. The van der Waals surface area contributed by atoms with Gasteiger partial charge >= 0.3 is 0 Å². The first-order valence-corrected chi connectivity index (χ1v) is 4.53. The van der Waals surface area contributed by atoms with Gasteiger partial charge in [-0.1, -0.05) is 27.2 Å². The Kier molecular flexibility index (Phi) is 2.76. The average Bonchev–Trinajstić information content (AvgIpc) is 1.88. The number of rotatable bonds is 1. The Morgan fingerprint density at radius 2 is 2.00 bits per heavy atom. The van der Waals surface area contributed by atoms with Gasteiger partial charge in [-0.05, 0) is 37.0 Å². The first-order valence-electron chi connectivity index (χ1n) is 4.53. The summed E-state index contributed by atoms with van der Waals surface area (Å²) in [5.41, 5.74) is 0. The van der Waals surface area contributed by atoms with Crippen LogP contribution in [0.2, 0.25) is 0 Å². The zero-order chi connectivity index (χ0) is 7.56. The molecule has 0 aromatic heterocycles. The van der Waals surface area contributed by atoms with E-state index in [2.05, 4.69) is 27.2 Å². The van der Waals surface area contributed by atoms with E-state index in [9.17, 15) is 0 Å². The Balaban J connectivity index is 2.26. The minimum atomic E-state index is 0.868. The van der Waals surface area contributed by atoms with E-state index in [0.717, 1.165) is 17.8 Å². The SMILES string of the molecule is CC(C)[C@H]1[CH]C[C@H](C)CC1. The second kappa shape index (κ2) is 3.41. The first-order chi connectivity index (χ1) is 4.70. The maximum Gasteiger partial charge on any atom is -0.0350 e. The summed E-state index contributed by atoms with van der Waals surface area (Å²) < 4.78 is 0. The van der Waals surface area contributed by atoms with Crippen LogP contribution in [0.4, 0.5) is 0 Å². The van der Waals surface area contributed by atoms with Gasteiger partial charge in [-0.3, -0.25) is 0 Å². The molecule has 0 spiro atoms. The number of hydrogen-bond donors (Lipinski definition) is 0. The Labute approximate surface area is 65.0 Å². The van der Waals surface area contributed by atoms with Crippen molar-refractivity contribution in [2.45, 2.75) is 40.0 Å². The van der Waals surface area contributed by atoms with Crippen LogP contribution >= 0.6 is 0 Å². The van der Waals surface area contributed by atoms with E-state index in [-0.39, 0.29) is 0 Å². The van der Waals surface area contributed by atoms with Crippen molar-refractivity contribution >= 4 is 0 Å². The maximum atomic E-state index is 2.53. The molecule has 0 heterocycles. The molecule has 0 nitrogen and oxygen atoms in total. The highest BCUT2D eigenvalue weighted by Crippen LogP contribution is 2.31. The highest BCUT2D eigenvalue weighted by atomic mass is 14.3. The summed E-state index contributed by atoms with van der Waals surface area (Å²) in [7, 11) is 0. The first kappa shape index (κ1) is 8.10. The van der Waals surface area contributed by atoms with E-state index >= 15 is 0 Å². The van der Waals surface area contributed by atoms with Crippen LogP contribution in [0.15, 0.2) is 0 Å². The lowest BCUT2D eigenvalue weighted by atomic mass is 9.78. The summed E-state index contributed by atoms with van der Waals surface area (Å²) in [6.07, 6.45) is 6.75. The van der Waals surface area contributed by atoms with Crippen LogP contribution in [0.3, 0.4) is 0 Å². The van der Waals surface area contributed by atoms with Gasteiger partial charge < -0.3 is 0 Å². The molecular weight excluding hydrogens is 120 g/mol. The second-order valence-corrected chi connectivity index (χ2v) is 4.06. The molecule has 0 heteroatoms. The van der Waals surface area contributed by atoms with Crippen molar-refractivity contribution in [3.8, 4) is 0 Å². The third kappa shape index (κ3) is 2.00. The minimum Gasteiger partial charge on any atom is -0.0625 e. The van der Waals surface area contributed by atoms with Crippen molar-refractivity contribution in [3.05, 3.63) is 6.42 Å². The van der Waals surface area contributed by atoms with E-state index in [4.69, 9.17) is 0 Å². The molecule has 0 amide bonds. The topological polar surface area (TPSA) is 0 Å². The van der Waals surface area contributed by atoms with Crippen molar-refractivity contribution in [1.29, 1.82) is 0 Å². The van der Waals surface area contributed by atoms with Gasteiger partial charge in [0.2, 0.25) is 0 Å². The molecule has 0 aliphatic heterocycles. The lowest BCUT2D eigenvalue weighted by Crippen LogP contribution is -2.17. The van der Waals surface area contributed by atoms with Crippen LogP contribution in [-0.4, -0.2) is 0 Å². The van der Waals surface area contributed by atoms with Gasteiger partial charge in [-0.2, -0.15) is 0 Å². The monoisotopic (exact) mass is 139 g/mol. The molecule has 1 rings (SSSR count). The minimum absolute atomic E-state index is 0.868. The van der Waals surface area contributed by atoms with Crippen LogP contribution in [0.1, 0.15) is 40.0 Å². The highest BCUT2D eigenvalue weighted by Gasteiger charge is 2.20. The molecule has 59 valence electrons. The highest BCUT2D eigenvalue weighted by molar-refractivity contribution is 4.85. The standard InChI is InChI=1S/C10H19/c1-8(2)10-6-4-9(3)5-7-10/h6,8-10H,4-5,7H2,1-3H3/t9-,10-/m0/s1. The van der Waals surface area contributed by atoms with Crippen LogP contribution in [-0.2, 0) is 0 Å². The Hall–Kier alpha value is 0. The van der Waals surface area contributed by atoms with Gasteiger partial charge in [-0.25, -0.2) is 0 Å².